The highest BCUT2D eigenvalue weighted by atomic mass is 19.1. The Labute approximate surface area is 182 Å². The van der Waals surface area contributed by atoms with E-state index in [4.69, 9.17) is 0 Å². The number of benzene rings is 1. The van der Waals surface area contributed by atoms with Crippen molar-refractivity contribution in [3.63, 3.8) is 0 Å². The third kappa shape index (κ3) is 4.38. The molecular formula is C24H32FN3O3. The second-order valence-electron chi connectivity index (χ2n) is 9.30. The van der Waals surface area contributed by atoms with Gasteiger partial charge < -0.3 is 10.2 Å². The molecule has 1 saturated carbocycles. The Bertz CT molecular complexity index is 887. The van der Waals surface area contributed by atoms with Gasteiger partial charge in [0.15, 0.2) is 0 Å². The van der Waals surface area contributed by atoms with Crippen LogP contribution in [0.3, 0.4) is 0 Å². The van der Waals surface area contributed by atoms with Gasteiger partial charge in [0.25, 0.3) is 5.91 Å². The van der Waals surface area contributed by atoms with Gasteiger partial charge in [0.05, 0.1) is 6.54 Å². The lowest BCUT2D eigenvalue weighted by molar-refractivity contribution is -0.136. The van der Waals surface area contributed by atoms with Crippen molar-refractivity contribution in [2.45, 2.75) is 89.9 Å². The van der Waals surface area contributed by atoms with E-state index in [0.717, 1.165) is 25.7 Å². The number of carbonyl (C=O) groups excluding carboxylic acids is 3. The maximum Gasteiger partial charge on any atom is 0.255 e. The van der Waals surface area contributed by atoms with E-state index in [2.05, 4.69) is 24.5 Å². The van der Waals surface area contributed by atoms with Crippen molar-refractivity contribution in [3.8, 4) is 0 Å². The normalized spacial score (nSPS) is 27.3. The molecule has 7 heteroatoms. The van der Waals surface area contributed by atoms with Crippen LogP contribution in [-0.4, -0.2) is 40.7 Å². The monoisotopic (exact) mass is 429 g/mol. The molecule has 4 rings (SSSR count). The molecule has 3 amide bonds. The standard InChI is InChI=1S/C24H32FN3O3/c1-3-14(2)26-19-7-5-4-6-15(19)12-16-8-9-17-18(22(16)25)13-28(24(17)31)20-10-11-21(29)27-23(20)30/h8-9,14-15,19-20,26H,3-7,10-13H2,1-2H3,(H,27,29,30)/t14-,15-,19+,20?/m1/s1. The van der Waals surface area contributed by atoms with Crippen LogP contribution in [0.5, 0.6) is 0 Å². The van der Waals surface area contributed by atoms with E-state index in [1.807, 2.05) is 0 Å². The molecule has 6 nitrogen and oxygen atoms in total. The zero-order valence-corrected chi connectivity index (χ0v) is 18.4. The summed E-state index contributed by atoms with van der Waals surface area (Å²) in [6, 6.07) is 3.56. The van der Waals surface area contributed by atoms with E-state index in [1.54, 1.807) is 12.1 Å². The van der Waals surface area contributed by atoms with E-state index >= 15 is 4.39 Å². The second kappa shape index (κ2) is 9.07. The van der Waals surface area contributed by atoms with Crippen LogP contribution in [0.4, 0.5) is 4.39 Å². The van der Waals surface area contributed by atoms with Crippen LogP contribution >= 0.6 is 0 Å². The van der Waals surface area contributed by atoms with Gasteiger partial charge in [0.1, 0.15) is 11.9 Å². The number of piperidine rings is 1. The summed E-state index contributed by atoms with van der Waals surface area (Å²) < 4.78 is 15.5. The highest BCUT2D eigenvalue weighted by Gasteiger charge is 2.40. The first-order valence-electron chi connectivity index (χ1n) is 11.6. The average molecular weight is 430 g/mol. The summed E-state index contributed by atoms with van der Waals surface area (Å²) in [7, 11) is 0. The molecule has 0 bridgehead atoms. The number of hydrogen-bond donors (Lipinski definition) is 2. The highest BCUT2D eigenvalue weighted by molar-refractivity contribution is 6.05. The van der Waals surface area contributed by atoms with Gasteiger partial charge in [-0.15, -0.1) is 0 Å². The van der Waals surface area contributed by atoms with Gasteiger partial charge in [-0.05, 0) is 56.6 Å². The first kappa shape index (κ1) is 21.9. The Balaban J connectivity index is 1.51. The van der Waals surface area contributed by atoms with Gasteiger partial charge in [0.2, 0.25) is 11.8 Å². The molecule has 1 saturated heterocycles. The van der Waals surface area contributed by atoms with Crippen LogP contribution in [0, 0.1) is 11.7 Å². The molecule has 2 fully saturated rings. The first-order chi connectivity index (χ1) is 14.9. The lowest BCUT2D eigenvalue weighted by Crippen LogP contribution is -2.52. The summed E-state index contributed by atoms with van der Waals surface area (Å²) in [4.78, 5) is 37.9. The van der Waals surface area contributed by atoms with Gasteiger partial charge in [-0.25, -0.2) is 4.39 Å². The number of amides is 3. The molecule has 0 spiro atoms. The number of fused-ring (bicyclic) bond motifs is 1. The van der Waals surface area contributed by atoms with Gasteiger partial charge in [-0.2, -0.15) is 0 Å². The molecule has 31 heavy (non-hydrogen) atoms. The molecule has 1 aromatic carbocycles. The van der Waals surface area contributed by atoms with Crippen molar-refractivity contribution in [3.05, 3.63) is 34.6 Å². The fraction of sp³-hybridized carbons (Fsp3) is 0.625. The molecule has 0 aromatic heterocycles. The molecular weight excluding hydrogens is 397 g/mol. The third-order valence-corrected chi connectivity index (χ3v) is 7.23. The fourth-order valence-corrected chi connectivity index (χ4v) is 5.25. The summed E-state index contributed by atoms with van der Waals surface area (Å²) in [6.07, 6.45) is 6.74. The smallest absolute Gasteiger partial charge is 0.255 e. The van der Waals surface area contributed by atoms with E-state index in [-0.39, 0.29) is 37.0 Å². The van der Waals surface area contributed by atoms with Crippen LogP contribution in [0.1, 0.15) is 80.3 Å². The molecule has 3 aliphatic rings. The topological polar surface area (TPSA) is 78.5 Å². The quantitative estimate of drug-likeness (QED) is 0.682. The van der Waals surface area contributed by atoms with Crippen molar-refractivity contribution in [1.29, 1.82) is 0 Å². The third-order valence-electron chi connectivity index (χ3n) is 7.23. The molecule has 1 aliphatic carbocycles. The summed E-state index contributed by atoms with van der Waals surface area (Å²) >= 11 is 0. The lowest BCUT2D eigenvalue weighted by Gasteiger charge is -2.34. The number of hydrogen-bond acceptors (Lipinski definition) is 4. The molecule has 1 unspecified atom stereocenters. The molecule has 2 aliphatic heterocycles. The average Bonchev–Trinajstić information content (AvgIpc) is 3.08. The molecule has 2 N–H and O–H groups in total. The maximum absolute atomic E-state index is 15.5. The molecule has 0 radical (unpaired) electrons. The van der Waals surface area contributed by atoms with E-state index in [9.17, 15) is 14.4 Å². The predicted molar refractivity (Wildman–Crippen MR) is 115 cm³/mol. The number of rotatable bonds is 6. The van der Waals surface area contributed by atoms with E-state index in [1.165, 1.54) is 11.3 Å². The number of nitrogens with zero attached hydrogens (tertiary/aromatic N) is 1. The maximum atomic E-state index is 15.5. The number of nitrogens with one attached hydrogen (secondary N) is 2. The highest BCUT2D eigenvalue weighted by Crippen LogP contribution is 2.34. The van der Waals surface area contributed by atoms with Crippen molar-refractivity contribution >= 4 is 17.7 Å². The Kier molecular flexibility index (Phi) is 6.42. The first-order valence-corrected chi connectivity index (χ1v) is 11.6. The number of halogens is 1. The minimum Gasteiger partial charge on any atom is -0.322 e. The van der Waals surface area contributed by atoms with Gasteiger partial charge in [0, 0.05) is 29.6 Å². The molecule has 2 heterocycles. The largest absolute Gasteiger partial charge is 0.322 e. The number of carbonyl (C=O) groups is 3. The SMILES string of the molecule is CC[C@@H](C)N[C@H]1CCCC[C@@H]1Cc1ccc2c(c1F)CN(C1CCC(=O)NC1=O)C2=O. The van der Waals surface area contributed by atoms with Crippen molar-refractivity contribution in [2.24, 2.45) is 5.92 Å². The zero-order valence-electron chi connectivity index (χ0n) is 18.4. The van der Waals surface area contributed by atoms with Crippen molar-refractivity contribution in [1.82, 2.24) is 15.5 Å². The minimum atomic E-state index is -0.720. The van der Waals surface area contributed by atoms with E-state index in [0.29, 0.717) is 41.1 Å². The van der Waals surface area contributed by atoms with Gasteiger partial charge in [-0.3, -0.25) is 19.7 Å². The summed E-state index contributed by atoms with van der Waals surface area (Å²) in [5, 5.41) is 6.01. The molecule has 168 valence electrons. The Morgan fingerprint density at radius 2 is 1.97 bits per heavy atom. The Hall–Kier alpha value is -2.28. The van der Waals surface area contributed by atoms with Crippen molar-refractivity contribution < 1.29 is 18.8 Å². The van der Waals surface area contributed by atoms with Gasteiger partial charge >= 0.3 is 0 Å². The fourth-order valence-electron chi connectivity index (χ4n) is 5.25. The Morgan fingerprint density at radius 3 is 2.71 bits per heavy atom. The summed E-state index contributed by atoms with van der Waals surface area (Å²) in [5.41, 5.74) is 1.37. The minimum absolute atomic E-state index is 0.0827. The molecule has 1 aromatic rings. The van der Waals surface area contributed by atoms with Crippen LogP contribution in [0.25, 0.3) is 0 Å². The predicted octanol–water partition coefficient (Wildman–Crippen LogP) is 3.08. The van der Waals surface area contributed by atoms with Gasteiger partial charge in [-0.1, -0.05) is 25.8 Å². The van der Waals surface area contributed by atoms with Crippen molar-refractivity contribution in [2.75, 3.05) is 0 Å². The van der Waals surface area contributed by atoms with E-state index < -0.39 is 11.9 Å². The zero-order chi connectivity index (χ0) is 22.1. The summed E-state index contributed by atoms with van der Waals surface area (Å²) in [6.45, 7) is 4.44. The van der Waals surface area contributed by atoms with Crippen LogP contribution in [0.2, 0.25) is 0 Å². The summed E-state index contributed by atoms with van der Waals surface area (Å²) in [5.74, 6) is -1.07. The number of imide groups is 1. The Morgan fingerprint density at radius 1 is 1.19 bits per heavy atom. The van der Waals surface area contributed by atoms with Crippen LogP contribution in [0.15, 0.2) is 12.1 Å². The lowest BCUT2D eigenvalue weighted by atomic mass is 9.80. The van der Waals surface area contributed by atoms with Crippen LogP contribution in [-0.2, 0) is 22.6 Å². The van der Waals surface area contributed by atoms with Crippen LogP contribution < -0.4 is 10.6 Å². The molecule has 4 atom stereocenters. The second-order valence-corrected chi connectivity index (χ2v) is 9.30.